The summed E-state index contributed by atoms with van der Waals surface area (Å²) in [5, 5.41) is 3.48. The van der Waals surface area contributed by atoms with E-state index in [-0.39, 0.29) is 0 Å². The highest BCUT2D eigenvalue weighted by Gasteiger charge is 1.94. The van der Waals surface area contributed by atoms with E-state index in [1.54, 1.807) is 0 Å². The third-order valence-electron chi connectivity index (χ3n) is 1.77. The molecule has 0 aromatic rings. The molecule has 1 atom stereocenters. The Morgan fingerprint density at radius 3 is 2.64 bits per heavy atom. The highest BCUT2D eigenvalue weighted by molar-refractivity contribution is 7.99. The molecule has 0 fully saturated rings. The maximum Gasteiger partial charge on any atom is 0.00361 e. The van der Waals surface area contributed by atoms with Crippen LogP contribution in [0.4, 0.5) is 0 Å². The van der Waals surface area contributed by atoms with Crippen molar-refractivity contribution in [3.8, 4) is 0 Å². The Hall–Kier alpha value is 0.310. The summed E-state index contributed by atoms with van der Waals surface area (Å²) in [4.78, 5) is 0. The molecule has 11 heavy (non-hydrogen) atoms. The molecule has 0 heterocycles. The minimum Gasteiger partial charge on any atom is -0.314 e. The molecule has 0 aliphatic rings. The van der Waals surface area contributed by atoms with Crippen molar-refractivity contribution in [2.45, 2.75) is 39.7 Å². The van der Waals surface area contributed by atoms with E-state index in [9.17, 15) is 0 Å². The standard InChI is InChI=1S/C9H21NS/c1-4-9(3)10-7-6-8-11-5-2/h9-10H,4-8H2,1-3H3. The molecule has 0 radical (unpaired) electrons. The van der Waals surface area contributed by atoms with Crippen molar-refractivity contribution in [1.82, 2.24) is 5.32 Å². The van der Waals surface area contributed by atoms with E-state index in [2.05, 4.69) is 26.1 Å². The third-order valence-corrected chi connectivity index (χ3v) is 2.76. The minimum absolute atomic E-state index is 0.696. The topological polar surface area (TPSA) is 12.0 Å². The summed E-state index contributed by atoms with van der Waals surface area (Å²) >= 11 is 2.03. The fourth-order valence-corrected chi connectivity index (χ4v) is 1.45. The van der Waals surface area contributed by atoms with Crippen LogP contribution in [-0.2, 0) is 0 Å². The zero-order valence-electron chi connectivity index (χ0n) is 8.02. The second-order valence-electron chi connectivity index (χ2n) is 2.81. The van der Waals surface area contributed by atoms with Crippen molar-refractivity contribution in [1.29, 1.82) is 0 Å². The number of thioether (sulfide) groups is 1. The van der Waals surface area contributed by atoms with E-state index < -0.39 is 0 Å². The van der Waals surface area contributed by atoms with E-state index in [1.165, 1.54) is 30.9 Å². The van der Waals surface area contributed by atoms with Gasteiger partial charge in [0.1, 0.15) is 0 Å². The van der Waals surface area contributed by atoms with Gasteiger partial charge in [-0.15, -0.1) is 0 Å². The molecular formula is C9H21NS. The average Bonchev–Trinajstić information content (AvgIpc) is 2.04. The van der Waals surface area contributed by atoms with E-state index in [4.69, 9.17) is 0 Å². The normalized spacial score (nSPS) is 13.4. The first-order valence-electron chi connectivity index (χ1n) is 4.62. The van der Waals surface area contributed by atoms with Crippen LogP contribution >= 0.6 is 11.8 Å². The quantitative estimate of drug-likeness (QED) is 0.597. The molecular weight excluding hydrogens is 154 g/mol. The van der Waals surface area contributed by atoms with E-state index in [0.717, 1.165) is 0 Å². The summed E-state index contributed by atoms with van der Waals surface area (Å²) in [6.45, 7) is 7.86. The predicted molar refractivity (Wildman–Crippen MR) is 55.4 cm³/mol. The van der Waals surface area contributed by atoms with Gasteiger partial charge in [-0.2, -0.15) is 11.8 Å². The van der Waals surface area contributed by atoms with Crippen LogP contribution in [0, 0.1) is 0 Å². The highest BCUT2D eigenvalue weighted by atomic mass is 32.2. The lowest BCUT2D eigenvalue weighted by Gasteiger charge is -2.10. The molecule has 1 nitrogen and oxygen atoms in total. The summed E-state index contributed by atoms with van der Waals surface area (Å²) in [5.41, 5.74) is 0. The zero-order chi connectivity index (χ0) is 8.53. The number of hydrogen-bond acceptors (Lipinski definition) is 2. The molecule has 2 heteroatoms. The zero-order valence-corrected chi connectivity index (χ0v) is 8.84. The van der Waals surface area contributed by atoms with E-state index in [0.29, 0.717) is 6.04 Å². The summed E-state index contributed by atoms with van der Waals surface area (Å²) in [6.07, 6.45) is 2.55. The Labute approximate surface area is 75.3 Å². The van der Waals surface area contributed by atoms with Crippen molar-refractivity contribution >= 4 is 11.8 Å². The molecule has 0 aromatic carbocycles. The smallest absolute Gasteiger partial charge is 0.00361 e. The molecule has 0 aliphatic heterocycles. The van der Waals surface area contributed by atoms with Crippen molar-refractivity contribution in [3.63, 3.8) is 0 Å². The predicted octanol–water partition coefficient (Wildman–Crippen LogP) is 2.52. The van der Waals surface area contributed by atoms with Crippen LogP contribution in [-0.4, -0.2) is 24.1 Å². The number of rotatable bonds is 7. The third kappa shape index (κ3) is 8.21. The van der Waals surface area contributed by atoms with Gasteiger partial charge >= 0.3 is 0 Å². The van der Waals surface area contributed by atoms with Crippen LogP contribution in [0.15, 0.2) is 0 Å². The molecule has 0 saturated carbocycles. The van der Waals surface area contributed by atoms with Crippen LogP contribution in [0.2, 0.25) is 0 Å². The number of hydrogen-bond donors (Lipinski definition) is 1. The van der Waals surface area contributed by atoms with Crippen LogP contribution in [0.5, 0.6) is 0 Å². The van der Waals surface area contributed by atoms with Crippen molar-refractivity contribution < 1.29 is 0 Å². The van der Waals surface area contributed by atoms with Crippen LogP contribution in [0.25, 0.3) is 0 Å². The second-order valence-corrected chi connectivity index (χ2v) is 4.21. The van der Waals surface area contributed by atoms with Gasteiger partial charge in [0.05, 0.1) is 0 Å². The molecule has 0 bridgehead atoms. The molecule has 0 aliphatic carbocycles. The minimum atomic E-state index is 0.696. The van der Waals surface area contributed by atoms with Crippen molar-refractivity contribution in [2.24, 2.45) is 0 Å². The van der Waals surface area contributed by atoms with Gasteiger partial charge in [0.15, 0.2) is 0 Å². The van der Waals surface area contributed by atoms with Gasteiger partial charge < -0.3 is 5.32 Å². The fourth-order valence-electron chi connectivity index (χ4n) is 0.811. The Kier molecular flexibility index (Phi) is 8.64. The Bertz CT molecular complexity index is 76.0. The number of nitrogens with one attached hydrogen (secondary N) is 1. The summed E-state index contributed by atoms with van der Waals surface area (Å²) < 4.78 is 0. The summed E-state index contributed by atoms with van der Waals surface area (Å²) in [6, 6.07) is 0.696. The first kappa shape index (κ1) is 11.3. The van der Waals surface area contributed by atoms with Crippen LogP contribution in [0.1, 0.15) is 33.6 Å². The van der Waals surface area contributed by atoms with Gasteiger partial charge in [-0.05, 0) is 37.8 Å². The van der Waals surface area contributed by atoms with Gasteiger partial charge in [0.2, 0.25) is 0 Å². The lowest BCUT2D eigenvalue weighted by molar-refractivity contribution is 0.534. The Morgan fingerprint density at radius 2 is 2.09 bits per heavy atom. The van der Waals surface area contributed by atoms with Gasteiger partial charge in [-0.25, -0.2) is 0 Å². The first-order chi connectivity index (χ1) is 5.31. The molecule has 0 rings (SSSR count). The van der Waals surface area contributed by atoms with Gasteiger partial charge in [-0.3, -0.25) is 0 Å². The maximum absolute atomic E-state index is 3.48. The SMILES string of the molecule is CCSCCCNC(C)CC. The van der Waals surface area contributed by atoms with E-state index in [1.807, 2.05) is 11.8 Å². The molecule has 0 saturated heterocycles. The van der Waals surface area contributed by atoms with Crippen molar-refractivity contribution in [2.75, 3.05) is 18.1 Å². The monoisotopic (exact) mass is 175 g/mol. The lowest BCUT2D eigenvalue weighted by atomic mass is 10.2. The molecule has 0 spiro atoms. The van der Waals surface area contributed by atoms with Crippen LogP contribution in [0.3, 0.4) is 0 Å². The molecule has 1 unspecified atom stereocenters. The molecule has 1 N–H and O–H groups in total. The van der Waals surface area contributed by atoms with Gasteiger partial charge in [-0.1, -0.05) is 13.8 Å². The average molecular weight is 175 g/mol. The van der Waals surface area contributed by atoms with Gasteiger partial charge in [0.25, 0.3) is 0 Å². The largest absolute Gasteiger partial charge is 0.314 e. The maximum atomic E-state index is 3.48. The Balaban J connectivity index is 2.89. The first-order valence-corrected chi connectivity index (χ1v) is 5.77. The molecule has 0 aromatic heterocycles. The molecule has 0 amide bonds. The van der Waals surface area contributed by atoms with Crippen molar-refractivity contribution in [3.05, 3.63) is 0 Å². The highest BCUT2D eigenvalue weighted by Crippen LogP contribution is 1.99. The van der Waals surface area contributed by atoms with E-state index >= 15 is 0 Å². The Morgan fingerprint density at radius 1 is 1.36 bits per heavy atom. The molecule has 68 valence electrons. The lowest BCUT2D eigenvalue weighted by Crippen LogP contribution is -2.26. The summed E-state index contributed by atoms with van der Waals surface area (Å²) in [7, 11) is 0. The summed E-state index contributed by atoms with van der Waals surface area (Å²) in [5.74, 6) is 2.56. The second kappa shape index (κ2) is 8.41. The van der Waals surface area contributed by atoms with Crippen LogP contribution < -0.4 is 5.32 Å². The van der Waals surface area contributed by atoms with Gasteiger partial charge in [0, 0.05) is 6.04 Å². The fraction of sp³-hybridized carbons (Fsp3) is 1.00.